The molecule has 88 valence electrons. The molecule has 0 spiro atoms. The van der Waals surface area contributed by atoms with E-state index in [1.54, 1.807) is 11.3 Å². The van der Waals surface area contributed by atoms with Gasteiger partial charge >= 0.3 is 0 Å². The average molecular weight is 238 g/mol. The molecule has 2 rings (SSSR count). The predicted octanol–water partition coefficient (Wildman–Crippen LogP) is 2.08. The van der Waals surface area contributed by atoms with E-state index < -0.39 is 0 Å². The predicted molar refractivity (Wildman–Crippen MR) is 65.5 cm³/mol. The number of carbonyl (C=O) groups excluding carboxylic acids is 1. The minimum Gasteiger partial charge on any atom is -0.328 e. The van der Waals surface area contributed by atoms with Gasteiger partial charge in [0.05, 0.1) is 10.7 Å². The van der Waals surface area contributed by atoms with Crippen LogP contribution in [0, 0.1) is 12.8 Å². The zero-order chi connectivity index (χ0) is 11.5. The topological polar surface area (TPSA) is 56.0 Å². The monoisotopic (exact) mass is 238 g/mol. The fraction of sp³-hybridized carbons (Fsp3) is 0.667. The number of aryl methyl sites for hydroxylation is 1. The molecule has 1 fully saturated rings. The van der Waals surface area contributed by atoms with Crippen LogP contribution in [0.5, 0.6) is 0 Å². The third-order valence-corrected chi connectivity index (χ3v) is 4.07. The van der Waals surface area contributed by atoms with Gasteiger partial charge in [-0.25, -0.2) is 4.98 Å². The van der Waals surface area contributed by atoms with E-state index in [4.69, 9.17) is 5.73 Å². The van der Waals surface area contributed by atoms with Gasteiger partial charge in [-0.3, -0.25) is 4.79 Å². The van der Waals surface area contributed by atoms with Crippen molar-refractivity contribution in [1.29, 1.82) is 0 Å². The van der Waals surface area contributed by atoms with E-state index in [1.165, 1.54) is 0 Å². The summed E-state index contributed by atoms with van der Waals surface area (Å²) in [6.45, 7) is 1.97. The number of hydrogen-bond acceptors (Lipinski definition) is 4. The van der Waals surface area contributed by atoms with Crippen LogP contribution in [0.25, 0.3) is 0 Å². The molecule has 0 unspecified atom stereocenters. The first-order valence-corrected chi connectivity index (χ1v) is 6.72. The van der Waals surface area contributed by atoms with Gasteiger partial charge in [0.25, 0.3) is 0 Å². The highest BCUT2D eigenvalue weighted by molar-refractivity contribution is 7.09. The Hall–Kier alpha value is -0.740. The molecule has 0 radical (unpaired) electrons. The second kappa shape index (κ2) is 5.06. The van der Waals surface area contributed by atoms with E-state index in [1.807, 2.05) is 12.3 Å². The molecule has 4 heteroatoms. The molecule has 3 nitrogen and oxygen atoms in total. The highest BCUT2D eigenvalue weighted by atomic mass is 32.1. The number of aromatic nitrogens is 1. The first-order valence-electron chi connectivity index (χ1n) is 5.84. The molecule has 0 bridgehead atoms. The largest absolute Gasteiger partial charge is 0.328 e. The van der Waals surface area contributed by atoms with Crippen molar-refractivity contribution >= 4 is 17.1 Å². The summed E-state index contributed by atoms with van der Waals surface area (Å²) in [6.07, 6.45) is 4.41. The number of nitrogens with zero attached hydrogens (tertiary/aromatic N) is 1. The molecule has 0 aliphatic heterocycles. The highest BCUT2D eigenvalue weighted by Crippen LogP contribution is 2.25. The van der Waals surface area contributed by atoms with Crippen molar-refractivity contribution in [2.45, 2.75) is 45.1 Å². The maximum Gasteiger partial charge on any atom is 0.141 e. The molecule has 1 aromatic rings. The number of nitrogens with two attached hydrogens (primary N) is 1. The number of rotatable bonds is 3. The summed E-state index contributed by atoms with van der Waals surface area (Å²) in [5.41, 5.74) is 6.76. The minimum absolute atomic E-state index is 0.224. The van der Waals surface area contributed by atoms with Gasteiger partial charge < -0.3 is 5.73 Å². The van der Waals surface area contributed by atoms with Crippen LogP contribution in [0.4, 0.5) is 0 Å². The van der Waals surface area contributed by atoms with Crippen LogP contribution in [0.3, 0.4) is 0 Å². The molecule has 1 heterocycles. The molecule has 0 atom stereocenters. The molecular weight excluding hydrogens is 220 g/mol. The van der Waals surface area contributed by atoms with E-state index in [0.29, 0.717) is 18.2 Å². The van der Waals surface area contributed by atoms with Gasteiger partial charge in [-0.05, 0) is 32.6 Å². The smallest absolute Gasteiger partial charge is 0.141 e. The summed E-state index contributed by atoms with van der Waals surface area (Å²) < 4.78 is 0. The molecule has 0 aromatic carbocycles. The Balaban J connectivity index is 1.88. The van der Waals surface area contributed by atoms with E-state index in [-0.39, 0.29) is 5.92 Å². The lowest BCUT2D eigenvalue weighted by atomic mass is 9.83. The van der Waals surface area contributed by atoms with E-state index in [2.05, 4.69) is 4.98 Å². The molecular formula is C12H18N2OS. The highest BCUT2D eigenvalue weighted by Gasteiger charge is 2.24. The van der Waals surface area contributed by atoms with E-state index in [9.17, 15) is 4.79 Å². The van der Waals surface area contributed by atoms with Crippen molar-refractivity contribution in [2.75, 3.05) is 0 Å². The van der Waals surface area contributed by atoms with Crippen LogP contribution in [0.15, 0.2) is 5.38 Å². The van der Waals surface area contributed by atoms with Crippen LogP contribution < -0.4 is 5.73 Å². The van der Waals surface area contributed by atoms with Gasteiger partial charge in [-0.1, -0.05) is 0 Å². The van der Waals surface area contributed by atoms with Gasteiger partial charge in [-0.15, -0.1) is 11.3 Å². The Labute approximate surface area is 100 Å². The van der Waals surface area contributed by atoms with Gasteiger partial charge in [0.2, 0.25) is 0 Å². The van der Waals surface area contributed by atoms with Gasteiger partial charge in [0.15, 0.2) is 0 Å². The van der Waals surface area contributed by atoms with Crippen molar-refractivity contribution < 1.29 is 4.79 Å². The molecule has 0 saturated heterocycles. The van der Waals surface area contributed by atoms with Crippen LogP contribution in [0.2, 0.25) is 0 Å². The number of thiazole rings is 1. The zero-order valence-corrected chi connectivity index (χ0v) is 10.4. The Morgan fingerprint density at radius 3 is 2.75 bits per heavy atom. The standard InChI is InChI=1S/C12H18N2OS/c1-8-14-11(7-16-8)6-12(15)9-2-4-10(13)5-3-9/h7,9-10H,2-6,13H2,1H3. The van der Waals surface area contributed by atoms with Crippen LogP contribution >= 0.6 is 11.3 Å². The maximum atomic E-state index is 12.0. The first-order chi connectivity index (χ1) is 7.65. The lowest BCUT2D eigenvalue weighted by Gasteiger charge is -2.24. The molecule has 16 heavy (non-hydrogen) atoms. The molecule has 1 aliphatic carbocycles. The fourth-order valence-electron chi connectivity index (χ4n) is 2.25. The van der Waals surface area contributed by atoms with Crippen LogP contribution in [-0.4, -0.2) is 16.8 Å². The van der Waals surface area contributed by atoms with E-state index in [0.717, 1.165) is 36.4 Å². The normalized spacial score (nSPS) is 25.6. The maximum absolute atomic E-state index is 12.0. The lowest BCUT2D eigenvalue weighted by Crippen LogP contribution is -2.30. The molecule has 1 aromatic heterocycles. The van der Waals surface area contributed by atoms with Crippen LogP contribution in [0.1, 0.15) is 36.4 Å². The third kappa shape index (κ3) is 2.89. The summed E-state index contributed by atoms with van der Waals surface area (Å²) >= 11 is 1.61. The van der Waals surface area contributed by atoms with Gasteiger partial charge in [-0.2, -0.15) is 0 Å². The Bertz CT molecular complexity index is 367. The van der Waals surface area contributed by atoms with Crippen molar-refractivity contribution in [3.05, 3.63) is 16.1 Å². The Morgan fingerprint density at radius 2 is 2.19 bits per heavy atom. The van der Waals surface area contributed by atoms with Gasteiger partial charge in [0, 0.05) is 23.8 Å². The summed E-state index contributed by atoms with van der Waals surface area (Å²) in [5.74, 6) is 0.569. The molecule has 2 N–H and O–H groups in total. The summed E-state index contributed by atoms with van der Waals surface area (Å²) in [7, 11) is 0. The third-order valence-electron chi connectivity index (χ3n) is 3.25. The SMILES string of the molecule is Cc1nc(CC(=O)C2CCC(N)CC2)cs1. The number of hydrogen-bond donors (Lipinski definition) is 1. The lowest BCUT2D eigenvalue weighted by molar-refractivity contribution is -0.123. The Morgan fingerprint density at radius 1 is 1.50 bits per heavy atom. The minimum atomic E-state index is 0.224. The Kier molecular flexibility index (Phi) is 3.71. The number of carbonyl (C=O) groups is 1. The summed E-state index contributed by atoms with van der Waals surface area (Å²) in [4.78, 5) is 16.3. The van der Waals surface area contributed by atoms with Crippen molar-refractivity contribution in [2.24, 2.45) is 11.7 Å². The second-order valence-corrected chi connectivity index (χ2v) is 5.67. The quantitative estimate of drug-likeness (QED) is 0.877. The van der Waals surface area contributed by atoms with Crippen molar-refractivity contribution in [1.82, 2.24) is 4.98 Å². The summed E-state index contributed by atoms with van der Waals surface area (Å²) in [5, 5.41) is 3.02. The zero-order valence-electron chi connectivity index (χ0n) is 9.61. The van der Waals surface area contributed by atoms with Crippen molar-refractivity contribution in [3.8, 4) is 0 Å². The van der Waals surface area contributed by atoms with E-state index >= 15 is 0 Å². The molecule has 0 amide bonds. The second-order valence-electron chi connectivity index (χ2n) is 4.61. The molecule has 1 saturated carbocycles. The number of ketones is 1. The van der Waals surface area contributed by atoms with Crippen LogP contribution in [-0.2, 0) is 11.2 Å². The average Bonchev–Trinajstić information content (AvgIpc) is 2.65. The fourth-order valence-corrected chi connectivity index (χ4v) is 2.87. The van der Waals surface area contributed by atoms with Gasteiger partial charge in [0.1, 0.15) is 5.78 Å². The molecule has 1 aliphatic rings. The first kappa shape index (κ1) is 11.7. The summed E-state index contributed by atoms with van der Waals surface area (Å²) in [6, 6.07) is 0.311. The number of Topliss-reactive ketones (excluding diaryl/α,β-unsaturated/α-hetero) is 1. The van der Waals surface area contributed by atoms with Crippen molar-refractivity contribution in [3.63, 3.8) is 0 Å².